The van der Waals surface area contributed by atoms with E-state index in [1.807, 2.05) is 12.1 Å². The largest absolute Gasteiger partial charge is 0.352 e. The zero-order valence-electron chi connectivity index (χ0n) is 6.00. The van der Waals surface area contributed by atoms with E-state index in [1.165, 1.54) is 0 Å². The van der Waals surface area contributed by atoms with E-state index < -0.39 is 6.03 Å². The van der Waals surface area contributed by atoms with Gasteiger partial charge in [0, 0.05) is 6.54 Å². The zero-order chi connectivity index (χ0) is 8.10. The standard InChI is InChI=1S/C8H9N2O/c9-8(11)10-6-7-4-2-1-3-5-7/h2-5H,6H2,(H3,9,10,11). The molecule has 0 aromatic heterocycles. The van der Waals surface area contributed by atoms with Gasteiger partial charge in [-0.1, -0.05) is 24.3 Å². The van der Waals surface area contributed by atoms with Crippen LogP contribution in [0.4, 0.5) is 4.79 Å². The molecule has 0 spiro atoms. The fourth-order valence-electron chi connectivity index (χ4n) is 0.728. The minimum absolute atomic E-state index is 0.476. The second-order valence-electron chi connectivity index (χ2n) is 2.13. The number of urea groups is 1. The predicted molar refractivity (Wildman–Crippen MR) is 41.7 cm³/mol. The minimum Gasteiger partial charge on any atom is -0.352 e. The Kier molecular flexibility index (Phi) is 2.49. The Labute approximate surface area is 65.2 Å². The van der Waals surface area contributed by atoms with Gasteiger partial charge in [0.1, 0.15) is 0 Å². The second-order valence-corrected chi connectivity index (χ2v) is 2.13. The highest BCUT2D eigenvalue weighted by molar-refractivity contribution is 5.71. The van der Waals surface area contributed by atoms with E-state index in [9.17, 15) is 4.79 Å². The van der Waals surface area contributed by atoms with Crippen LogP contribution in [0.25, 0.3) is 0 Å². The van der Waals surface area contributed by atoms with E-state index in [0.717, 1.165) is 5.56 Å². The number of hydrogen-bond donors (Lipinski definition) is 2. The van der Waals surface area contributed by atoms with Gasteiger partial charge in [-0.3, -0.25) is 0 Å². The molecule has 0 aliphatic heterocycles. The summed E-state index contributed by atoms with van der Waals surface area (Å²) in [7, 11) is 0. The summed E-state index contributed by atoms with van der Waals surface area (Å²) >= 11 is 0. The lowest BCUT2D eigenvalue weighted by atomic mass is 10.2. The summed E-state index contributed by atoms with van der Waals surface area (Å²) in [5.41, 5.74) is 5.90. The van der Waals surface area contributed by atoms with Crippen LogP contribution in [0.5, 0.6) is 0 Å². The molecular weight excluding hydrogens is 140 g/mol. The van der Waals surface area contributed by atoms with Gasteiger partial charge in [-0.05, 0) is 11.6 Å². The number of hydrogen-bond acceptors (Lipinski definition) is 1. The van der Waals surface area contributed by atoms with E-state index >= 15 is 0 Å². The third-order valence-electron chi connectivity index (χ3n) is 1.25. The average molecular weight is 149 g/mol. The number of nitrogens with two attached hydrogens (primary N) is 1. The molecular formula is C8H9N2O. The molecule has 0 unspecified atom stereocenters. The average Bonchev–Trinajstić information content (AvgIpc) is 2.03. The lowest BCUT2D eigenvalue weighted by Gasteiger charge is -1.99. The highest BCUT2D eigenvalue weighted by atomic mass is 16.2. The van der Waals surface area contributed by atoms with Crippen molar-refractivity contribution < 1.29 is 4.79 Å². The number of rotatable bonds is 2. The number of nitrogens with one attached hydrogen (secondary N) is 1. The molecule has 0 aliphatic rings. The molecule has 0 fully saturated rings. The first kappa shape index (κ1) is 7.60. The Bertz CT molecular complexity index is 233. The highest BCUT2D eigenvalue weighted by Gasteiger charge is 1.91. The third kappa shape index (κ3) is 2.71. The normalized spacial score (nSPS) is 9.09. The number of primary amides is 1. The molecule has 11 heavy (non-hydrogen) atoms. The van der Waals surface area contributed by atoms with E-state index in [2.05, 4.69) is 11.4 Å². The molecule has 0 atom stereocenters. The molecule has 1 aromatic rings. The summed E-state index contributed by atoms with van der Waals surface area (Å²) in [4.78, 5) is 10.3. The summed E-state index contributed by atoms with van der Waals surface area (Å²) < 4.78 is 0. The Hall–Kier alpha value is -1.51. The molecule has 1 radical (unpaired) electrons. The van der Waals surface area contributed by atoms with Crippen LogP contribution < -0.4 is 11.1 Å². The van der Waals surface area contributed by atoms with Gasteiger partial charge in [0.05, 0.1) is 0 Å². The smallest absolute Gasteiger partial charge is 0.312 e. The van der Waals surface area contributed by atoms with E-state index in [1.54, 1.807) is 12.1 Å². The quantitative estimate of drug-likeness (QED) is 0.637. The summed E-state index contributed by atoms with van der Waals surface area (Å²) in [5, 5.41) is 2.49. The predicted octanol–water partition coefficient (Wildman–Crippen LogP) is 0.655. The van der Waals surface area contributed by atoms with Gasteiger partial charge in [0.2, 0.25) is 0 Å². The first-order valence-electron chi connectivity index (χ1n) is 3.27. The lowest BCUT2D eigenvalue weighted by molar-refractivity contribution is 0.248. The van der Waals surface area contributed by atoms with Gasteiger partial charge < -0.3 is 11.1 Å². The first-order valence-corrected chi connectivity index (χ1v) is 3.27. The van der Waals surface area contributed by atoms with E-state index in [-0.39, 0.29) is 0 Å². The molecule has 0 aliphatic carbocycles. The van der Waals surface area contributed by atoms with Crippen molar-refractivity contribution in [3.05, 3.63) is 35.9 Å². The molecule has 0 saturated carbocycles. The van der Waals surface area contributed by atoms with Crippen molar-refractivity contribution in [2.24, 2.45) is 5.73 Å². The van der Waals surface area contributed by atoms with Gasteiger partial charge in [-0.2, -0.15) is 0 Å². The summed E-state index contributed by atoms with van der Waals surface area (Å²) in [6.07, 6.45) is 0. The number of benzene rings is 1. The Balaban J connectivity index is 2.45. The Morgan fingerprint density at radius 3 is 2.73 bits per heavy atom. The van der Waals surface area contributed by atoms with Gasteiger partial charge in [-0.15, -0.1) is 0 Å². The third-order valence-corrected chi connectivity index (χ3v) is 1.25. The SMILES string of the molecule is NC(=O)NCc1cc[c]cc1. The van der Waals surface area contributed by atoms with Crippen molar-refractivity contribution in [1.82, 2.24) is 5.32 Å². The first-order chi connectivity index (χ1) is 5.29. The molecule has 1 rings (SSSR count). The fraction of sp³-hybridized carbons (Fsp3) is 0.125. The monoisotopic (exact) mass is 149 g/mol. The van der Waals surface area contributed by atoms with Crippen molar-refractivity contribution in [2.45, 2.75) is 6.54 Å². The van der Waals surface area contributed by atoms with Crippen molar-refractivity contribution in [2.75, 3.05) is 0 Å². The molecule has 1 aromatic carbocycles. The second kappa shape index (κ2) is 3.61. The van der Waals surface area contributed by atoms with Gasteiger partial charge in [0.15, 0.2) is 0 Å². The number of amides is 2. The maximum absolute atomic E-state index is 10.3. The Morgan fingerprint density at radius 2 is 2.18 bits per heavy atom. The number of carbonyl (C=O) groups is 1. The maximum atomic E-state index is 10.3. The van der Waals surface area contributed by atoms with Gasteiger partial charge in [0.25, 0.3) is 0 Å². The van der Waals surface area contributed by atoms with Gasteiger partial charge >= 0.3 is 6.03 Å². The molecule has 3 nitrogen and oxygen atoms in total. The topological polar surface area (TPSA) is 55.1 Å². The van der Waals surface area contributed by atoms with Crippen LogP contribution in [-0.2, 0) is 6.54 Å². The van der Waals surface area contributed by atoms with Crippen LogP contribution in [0.15, 0.2) is 24.3 Å². The molecule has 0 saturated heterocycles. The van der Waals surface area contributed by atoms with Crippen LogP contribution in [-0.4, -0.2) is 6.03 Å². The van der Waals surface area contributed by atoms with Crippen LogP contribution in [0, 0.1) is 6.07 Å². The van der Waals surface area contributed by atoms with Crippen molar-refractivity contribution >= 4 is 6.03 Å². The molecule has 2 amide bonds. The maximum Gasteiger partial charge on any atom is 0.312 e. The summed E-state index contributed by atoms with van der Waals surface area (Å²) in [5.74, 6) is 0. The van der Waals surface area contributed by atoms with Crippen LogP contribution >= 0.6 is 0 Å². The molecule has 57 valence electrons. The highest BCUT2D eigenvalue weighted by Crippen LogP contribution is 1.95. The minimum atomic E-state index is -0.502. The summed E-state index contributed by atoms with van der Waals surface area (Å²) in [6.45, 7) is 0.476. The fourth-order valence-corrected chi connectivity index (χ4v) is 0.728. The van der Waals surface area contributed by atoms with E-state index in [4.69, 9.17) is 5.73 Å². The van der Waals surface area contributed by atoms with Crippen molar-refractivity contribution in [3.63, 3.8) is 0 Å². The van der Waals surface area contributed by atoms with Crippen LogP contribution in [0.3, 0.4) is 0 Å². The lowest BCUT2D eigenvalue weighted by Crippen LogP contribution is -2.28. The van der Waals surface area contributed by atoms with Crippen molar-refractivity contribution in [1.29, 1.82) is 0 Å². The van der Waals surface area contributed by atoms with Crippen molar-refractivity contribution in [3.8, 4) is 0 Å². The molecule has 0 heterocycles. The van der Waals surface area contributed by atoms with Gasteiger partial charge in [-0.25, -0.2) is 4.79 Å². The summed E-state index contributed by atoms with van der Waals surface area (Å²) in [6, 6.07) is 9.70. The number of carbonyl (C=O) groups excluding carboxylic acids is 1. The van der Waals surface area contributed by atoms with E-state index in [0.29, 0.717) is 6.54 Å². The molecule has 0 bridgehead atoms. The van der Waals surface area contributed by atoms with Crippen LogP contribution in [0.1, 0.15) is 5.56 Å². The Morgan fingerprint density at radius 1 is 1.55 bits per heavy atom. The van der Waals surface area contributed by atoms with Crippen LogP contribution in [0.2, 0.25) is 0 Å². The molecule has 3 N–H and O–H groups in total. The zero-order valence-corrected chi connectivity index (χ0v) is 6.00. The molecule has 3 heteroatoms.